The minimum Gasteiger partial charge on any atom is -0.483 e. The second-order valence-corrected chi connectivity index (χ2v) is 10.9. The van der Waals surface area contributed by atoms with Crippen molar-refractivity contribution in [2.45, 2.75) is 65.0 Å². The molecule has 1 fully saturated rings. The zero-order valence-electron chi connectivity index (χ0n) is 21.5. The number of hydrogen-bond donors (Lipinski definition) is 1. The molecule has 1 N–H and O–H groups in total. The third-order valence-electron chi connectivity index (χ3n) is 6.73. The number of benzene rings is 2. The molecule has 2 unspecified atom stereocenters. The second-order valence-electron chi connectivity index (χ2n) is 10.9. The summed E-state index contributed by atoms with van der Waals surface area (Å²) >= 11 is 0. The van der Waals surface area contributed by atoms with Gasteiger partial charge in [-0.2, -0.15) is 13.2 Å². The number of hydrogen-bond acceptors (Lipinski definition) is 4. The third-order valence-corrected chi connectivity index (χ3v) is 6.73. The van der Waals surface area contributed by atoms with Crippen molar-refractivity contribution in [2.24, 2.45) is 11.3 Å². The van der Waals surface area contributed by atoms with E-state index in [4.69, 9.17) is 4.74 Å². The smallest absolute Gasteiger partial charge is 0.483 e. The minimum atomic E-state index is -4.83. The van der Waals surface area contributed by atoms with Crippen LogP contribution in [0.4, 0.5) is 26.3 Å². The average molecular weight is 559 g/mol. The van der Waals surface area contributed by atoms with Crippen molar-refractivity contribution >= 4 is 17.0 Å². The first-order valence-corrected chi connectivity index (χ1v) is 12.3. The quantitative estimate of drug-likeness (QED) is 0.303. The molecule has 1 aliphatic carbocycles. The van der Waals surface area contributed by atoms with Gasteiger partial charge in [0.2, 0.25) is 0 Å². The van der Waals surface area contributed by atoms with Gasteiger partial charge in [-0.3, -0.25) is 0 Å². The van der Waals surface area contributed by atoms with Crippen LogP contribution in [0.5, 0.6) is 11.5 Å². The summed E-state index contributed by atoms with van der Waals surface area (Å²) in [5.74, 6) is -1.41. The van der Waals surface area contributed by atoms with Crippen LogP contribution in [0.1, 0.15) is 67.8 Å². The number of nitrogens with zero attached hydrogens (tertiary/aromatic N) is 2. The lowest BCUT2D eigenvalue weighted by Gasteiger charge is -2.40. The van der Waals surface area contributed by atoms with Gasteiger partial charge in [0, 0.05) is 18.5 Å². The summed E-state index contributed by atoms with van der Waals surface area (Å²) in [6.45, 7) is 4.73. The number of imidazole rings is 1. The summed E-state index contributed by atoms with van der Waals surface area (Å²) in [6.07, 6.45) is -6.81. The van der Waals surface area contributed by atoms with E-state index in [2.05, 4.69) is 30.5 Å². The summed E-state index contributed by atoms with van der Waals surface area (Å²) in [6, 6.07) is 7.70. The van der Waals surface area contributed by atoms with Gasteiger partial charge in [0.15, 0.2) is 6.61 Å². The lowest BCUT2D eigenvalue weighted by atomic mass is 9.70. The van der Waals surface area contributed by atoms with Crippen molar-refractivity contribution in [3.05, 3.63) is 53.3 Å². The highest BCUT2D eigenvalue weighted by molar-refractivity contribution is 5.96. The van der Waals surface area contributed by atoms with Gasteiger partial charge in [0.1, 0.15) is 22.9 Å². The molecule has 6 nitrogen and oxygen atoms in total. The van der Waals surface area contributed by atoms with Crippen LogP contribution in [0.3, 0.4) is 0 Å². The number of ether oxygens (including phenoxy) is 2. The summed E-state index contributed by atoms with van der Waals surface area (Å²) in [5, 5.41) is 9.64. The van der Waals surface area contributed by atoms with Crippen LogP contribution in [0.15, 0.2) is 36.4 Å². The summed E-state index contributed by atoms with van der Waals surface area (Å²) in [4.78, 5) is 16.5. The standard InChI is InChI=1S/C27H28F6N2O4/c1-15-8-17(13-25(2,3)12-15)35-21-11-22(38-14-26(28,29)30)19(24(36)37)10-20(21)34-23(35)9-16-4-6-18(7-5-16)39-27(31,32)33/h4-7,10-11,15,17H,8-9,12-14H2,1-3H3,(H,36,37). The first-order chi connectivity index (χ1) is 18.0. The fourth-order valence-electron chi connectivity index (χ4n) is 5.63. The van der Waals surface area contributed by atoms with Crippen molar-refractivity contribution < 1.29 is 45.7 Å². The van der Waals surface area contributed by atoms with Crippen molar-refractivity contribution in [3.63, 3.8) is 0 Å². The average Bonchev–Trinajstić information content (AvgIpc) is 3.12. The van der Waals surface area contributed by atoms with Crippen LogP contribution in [0.2, 0.25) is 0 Å². The monoisotopic (exact) mass is 558 g/mol. The minimum absolute atomic E-state index is 0.0383. The van der Waals surface area contributed by atoms with Gasteiger partial charge in [-0.15, -0.1) is 13.2 Å². The van der Waals surface area contributed by atoms with Crippen molar-refractivity contribution in [1.82, 2.24) is 9.55 Å². The molecule has 4 rings (SSSR count). The first-order valence-electron chi connectivity index (χ1n) is 12.3. The van der Waals surface area contributed by atoms with Gasteiger partial charge < -0.3 is 19.1 Å². The maximum Gasteiger partial charge on any atom is 0.573 e. The molecule has 0 saturated heterocycles. The number of carboxylic acids is 1. The Balaban J connectivity index is 1.81. The lowest BCUT2D eigenvalue weighted by molar-refractivity contribution is -0.274. The zero-order chi connectivity index (χ0) is 28.8. The van der Waals surface area contributed by atoms with Gasteiger partial charge in [0.05, 0.1) is 11.0 Å². The molecule has 1 saturated carbocycles. The third kappa shape index (κ3) is 7.15. The molecule has 12 heteroatoms. The Morgan fingerprint density at radius 2 is 1.77 bits per heavy atom. The summed E-state index contributed by atoms with van der Waals surface area (Å²) in [5.41, 5.74) is 0.836. The van der Waals surface area contributed by atoms with E-state index in [-0.39, 0.29) is 29.1 Å². The van der Waals surface area contributed by atoms with E-state index in [0.29, 0.717) is 22.8 Å². The predicted molar refractivity (Wildman–Crippen MR) is 130 cm³/mol. The fraction of sp³-hybridized carbons (Fsp3) is 0.481. The number of carboxylic acid groups (broad SMARTS) is 1. The molecule has 1 aromatic heterocycles. The number of halogens is 6. The summed E-state index contributed by atoms with van der Waals surface area (Å²) < 4.78 is 87.1. The number of aromatic carboxylic acids is 1. The van der Waals surface area contributed by atoms with Crippen LogP contribution in [-0.4, -0.2) is 39.8 Å². The van der Waals surface area contributed by atoms with Crippen molar-refractivity contribution in [2.75, 3.05) is 6.61 Å². The Kier molecular flexibility index (Phi) is 7.52. The Morgan fingerprint density at radius 3 is 2.33 bits per heavy atom. The lowest BCUT2D eigenvalue weighted by Crippen LogP contribution is -2.30. The van der Waals surface area contributed by atoms with E-state index in [1.54, 1.807) is 0 Å². The van der Waals surface area contributed by atoms with Crippen LogP contribution < -0.4 is 9.47 Å². The normalized spacial score (nSPS) is 19.7. The number of fused-ring (bicyclic) bond motifs is 1. The van der Waals surface area contributed by atoms with Crippen LogP contribution >= 0.6 is 0 Å². The largest absolute Gasteiger partial charge is 0.573 e. The van der Waals surface area contributed by atoms with Gasteiger partial charge in [-0.25, -0.2) is 9.78 Å². The van der Waals surface area contributed by atoms with E-state index in [1.165, 1.54) is 36.4 Å². The number of carbonyl (C=O) groups is 1. The molecule has 0 aliphatic heterocycles. The maximum atomic E-state index is 12.9. The van der Waals surface area contributed by atoms with Gasteiger partial charge in [0.25, 0.3) is 0 Å². The molecule has 0 bridgehead atoms. The highest BCUT2D eigenvalue weighted by Gasteiger charge is 2.36. The molecule has 0 amide bonds. The van der Waals surface area contributed by atoms with E-state index in [0.717, 1.165) is 19.3 Å². The maximum absolute atomic E-state index is 12.9. The topological polar surface area (TPSA) is 73.6 Å². The molecule has 0 radical (unpaired) electrons. The van der Waals surface area contributed by atoms with Gasteiger partial charge in [-0.1, -0.05) is 32.9 Å². The van der Waals surface area contributed by atoms with Crippen molar-refractivity contribution in [1.29, 1.82) is 0 Å². The molecule has 39 heavy (non-hydrogen) atoms. The van der Waals surface area contributed by atoms with Crippen molar-refractivity contribution in [3.8, 4) is 11.5 Å². The molecule has 212 valence electrons. The Morgan fingerprint density at radius 1 is 1.10 bits per heavy atom. The first kappa shape index (κ1) is 28.6. The zero-order valence-corrected chi connectivity index (χ0v) is 21.5. The van der Waals surface area contributed by atoms with E-state index in [9.17, 15) is 36.2 Å². The highest BCUT2D eigenvalue weighted by Crippen LogP contribution is 2.46. The van der Waals surface area contributed by atoms with Crippen LogP contribution in [0.25, 0.3) is 11.0 Å². The molecular formula is C27H28F6N2O4. The van der Waals surface area contributed by atoms with Crippen LogP contribution in [-0.2, 0) is 6.42 Å². The molecule has 2 atom stereocenters. The summed E-state index contributed by atoms with van der Waals surface area (Å²) in [7, 11) is 0. The number of rotatable bonds is 7. The van der Waals surface area contributed by atoms with E-state index < -0.39 is 36.4 Å². The SMILES string of the molecule is CC1CC(n2c(Cc3ccc(OC(F)(F)F)cc3)nc3cc(C(=O)O)c(OCC(F)(F)F)cc32)CC(C)(C)C1. The fourth-order valence-corrected chi connectivity index (χ4v) is 5.63. The van der Waals surface area contributed by atoms with Crippen LogP contribution in [0, 0.1) is 11.3 Å². The molecule has 1 aliphatic rings. The second kappa shape index (κ2) is 10.3. The Bertz CT molecular complexity index is 1350. The Hall–Kier alpha value is -3.44. The number of alkyl halides is 6. The number of aromatic nitrogens is 2. The van der Waals surface area contributed by atoms with Gasteiger partial charge in [-0.05, 0) is 54.4 Å². The van der Waals surface area contributed by atoms with Gasteiger partial charge >= 0.3 is 18.5 Å². The molecule has 3 aromatic rings. The molecule has 2 aromatic carbocycles. The molecule has 1 heterocycles. The molecular weight excluding hydrogens is 530 g/mol. The molecule has 0 spiro atoms. The predicted octanol–water partition coefficient (Wildman–Crippen LogP) is 7.55. The Labute approximate surface area is 220 Å². The van der Waals surface area contributed by atoms with E-state index >= 15 is 0 Å². The highest BCUT2D eigenvalue weighted by atomic mass is 19.4. The van der Waals surface area contributed by atoms with E-state index in [1.807, 2.05) is 4.57 Å².